The Kier molecular flexibility index (Phi) is 5.75. The first-order chi connectivity index (χ1) is 15.1. The molecule has 3 aromatic rings. The highest BCUT2D eigenvalue weighted by atomic mass is 32.2. The van der Waals surface area contributed by atoms with E-state index in [2.05, 4.69) is 28.1 Å². The fraction of sp³-hybridized carbons (Fsp3) is 0.364. The van der Waals surface area contributed by atoms with Crippen LogP contribution in [0.1, 0.15) is 18.5 Å². The molecule has 0 aliphatic carbocycles. The molecule has 1 N–H and O–H groups in total. The van der Waals surface area contributed by atoms with E-state index in [1.165, 1.54) is 11.3 Å². The van der Waals surface area contributed by atoms with E-state index in [1.807, 2.05) is 52.8 Å². The summed E-state index contributed by atoms with van der Waals surface area (Å²) in [6.45, 7) is 3.26. The van der Waals surface area contributed by atoms with Gasteiger partial charge in [-0.25, -0.2) is 0 Å². The minimum absolute atomic E-state index is 0.152. The Morgan fingerprint density at radius 3 is 2.90 bits per heavy atom. The van der Waals surface area contributed by atoms with Gasteiger partial charge in [-0.15, -0.1) is 0 Å². The van der Waals surface area contributed by atoms with Gasteiger partial charge >= 0.3 is 0 Å². The average molecular weight is 470 g/mol. The molecule has 1 spiro atoms. The molecule has 0 radical (unpaired) electrons. The number of hydrogen-bond donors (Lipinski definition) is 1. The molecule has 2 aromatic heterocycles. The minimum atomic E-state index is -1.24. The molecule has 1 aromatic carbocycles. The molecule has 4 heterocycles. The van der Waals surface area contributed by atoms with Gasteiger partial charge < -0.3 is 9.54 Å². The summed E-state index contributed by atoms with van der Waals surface area (Å²) in [5.74, 6) is 0. The van der Waals surface area contributed by atoms with E-state index in [4.69, 9.17) is 10.3 Å². The van der Waals surface area contributed by atoms with Crippen molar-refractivity contribution >= 4 is 56.1 Å². The summed E-state index contributed by atoms with van der Waals surface area (Å²) >= 11 is 2.14. The molecule has 9 heteroatoms. The van der Waals surface area contributed by atoms with E-state index in [-0.39, 0.29) is 4.75 Å². The van der Waals surface area contributed by atoms with Crippen LogP contribution < -0.4 is 4.31 Å². The fourth-order valence-electron chi connectivity index (χ4n) is 4.21. The van der Waals surface area contributed by atoms with Crippen LogP contribution in [0.3, 0.4) is 0 Å². The van der Waals surface area contributed by atoms with Crippen LogP contribution in [0, 0.1) is 11.3 Å². The second-order valence-corrected chi connectivity index (χ2v) is 12.1. The second-order valence-electron chi connectivity index (χ2n) is 7.94. The molecule has 1 atom stereocenters. The lowest BCUT2D eigenvalue weighted by Crippen LogP contribution is -2.43. The van der Waals surface area contributed by atoms with E-state index in [1.54, 1.807) is 0 Å². The van der Waals surface area contributed by atoms with Crippen molar-refractivity contribution in [3.05, 3.63) is 47.5 Å². The lowest BCUT2D eigenvalue weighted by molar-refractivity contribution is 0.225. The molecule has 160 valence electrons. The van der Waals surface area contributed by atoms with Crippen LogP contribution in [0.15, 0.2) is 51.0 Å². The zero-order chi connectivity index (χ0) is 21.4. The van der Waals surface area contributed by atoms with Crippen molar-refractivity contribution in [2.45, 2.75) is 21.8 Å². The predicted molar refractivity (Wildman–Crippen MR) is 130 cm³/mol. The van der Waals surface area contributed by atoms with Gasteiger partial charge in [-0.05, 0) is 36.4 Å². The summed E-state index contributed by atoms with van der Waals surface area (Å²) in [5, 5.41) is 13.0. The second kappa shape index (κ2) is 8.52. The first-order valence-corrected chi connectivity index (χ1v) is 13.0. The number of thioether (sulfide) groups is 1. The molecule has 5 rings (SSSR count). The van der Waals surface area contributed by atoms with E-state index < -0.39 is 11.4 Å². The van der Waals surface area contributed by atoms with Crippen molar-refractivity contribution in [1.82, 2.24) is 9.88 Å². The average Bonchev–Trinajstić information content (AvgIpc) is 3.54. The first-order valence-electron chi connectivity index (χ1n) is 10.2. The third-order valence-corrected chi connectivity index (χ3v) is 10.1. The lowest BCUT2D eigenvalue weighted by atomic mass is 9.96. The van der Waals surface area contributed by atoms with Crippen LogP contribution in [0.4, 0.5) is 5.69 Å². The third-order valence-electron chi connectivity index (χ3n) is 6.01. The molecule has 2 aliphatic rings. The van der Waals surface area contributed by atoms with Crippen molar-refractivity contribution in [2.75, 3.05) is 37.5 Å². The van der Waals surface area contributed by atoms with E-state index in [0.717, 1.165) is 64.0 Å². The highest BCUT2D eigenvalue weighted by Gasteiger charge is 2.40. The van der Waals surface area contributed by atoms with Crippen molar-refractivity contribution < 1.29 is 4.55 Å². The van der Waals surface area contributed by atoms with Gasteiger partial charge in [0.1, 0.15) is 22.1 Å². The molecule has 6 nitrogen and oxygen atoms in total. The van der Waals surface area contributed by atoms with Gasteiger partial charge in [-0.3, -0.25) is 9.89 Å². The summed E-state index contributed by atoms with van der Waals surface area (Å²) in [7, 11) is 1.87. The number of aromatic amines is 1. The summed E-state index contributed by atoms with van der Waals surface area (Å²) in [4.78, 5) is 10.7. The number of piperidine rings is 1. The molecule has 1 saturated heterocycles. The Morgan fingerprint density at radius 1 is 1.32 bits per heavy atom. The van der Waals surface area contributed by atoms with Gasteiger partial charge in [0.2, 0.25) is 4.21 Å². The summed E-state index contributed by atoms with van der Waals surface area (Å²) in [6.07, 6.45) is 2.11. The molecule has 0 bridgehead atoms. The zero-order valence-corrected chi connectivity index (χ0v) is 19.7. The van der Waals surface area contributed by atoms with Gasteiger partial charge in [-0.2, -0.15) is 9.57 Å². The van der Waals surface area contributed by atoms with Crippen molar-refractivity contribution in [2.24, 2.45) is 4.99 Å². The highest BCUT2D eigenvalue weighted by molar-refractivity contribution is 8.15. The molecular formula is C22H23N5OS3. The van der Waals surface area contributed by atoms with Crippen LogP contribution in [0.5, 0.6) is 0 Å². The van der Waals surface area contributed by atoms with Gasteiger partial charge in [0.15, 0.2) is 0 Å². The molecule has 2 aliphatic heterocycles. The number of aliphatic imine (C=N–C) groups is 1. The monoisotopic (exact) mass is 469 g/mol. The molecule has 1 fully saturated rings. The molecule has 1 unspecified atom stereocenters. The molecule has 0 amide bonds. The Bertz CT molecular complexity index is 1140. The van der Waals surface area contributed by atoms with Crippen molar-refractivity contribution in [3.8, 4) is 6.07 Å². The number of hydrogen-bond acceptors (Lipinski definition) is 7. The van der Waals surface area contributed by atoms with Crippen LogP contribution in [0.25, 0.3) is 10.9 Å². The summed E-state index contributed by atoms with van der Waals surface area (Å²) in [5.41, 5.74) is 2.93. The number of likely N-dealkylation sites (tertiary alicyclic amines) is 1. The largest absolute Gasteiger partial charge is 0.587 e. The maximum atomic E-state index is 13.0. The van der Waals surface area contributed by atoms with Crippen LogP contribution in [-0.2, 0) is 11.4 Å². The maximum Gasteiger partial charge on any atom is 0.233 e. The molecule has 31 heavy (non-hydrogen) atoms. The Morgan fingerprint density at radius 2 is 2.16 bits per heavy atom. The quantitative estimate of drug-likeness (QED) is 0.446. The Labute approximate surface area is 193 Å². The summed E-state index contributed by atoms with van der Waals surface area (Å²) < 4.78 is 15.8. The highest BCUT2D eigenvalue weighted by Crippen LogP contribution is 2.43. The van der Waals surface area contributed by atoms with Crippen molar-refractivity contribution in [1.29, 1.82) is 5.26 Å². The topological polar surface area (TPSA) is 81.5 Å². The smallest absolute Gasteiger partial charge is 0.233 e. The number of benzene rings is 1. The number of rotatable bonds is 5. The number of fused-ring (bicyclic) bond motifs is 1. The predicted octanol–water partition coefficient (Wildman–Crippen LogP) is 4.24. The Hall–Kier alpha value is -1.96. The SMILES string of the molecule is CN(c1cccc2cc(C3=NCC4(CCN(CC#N)CC4)S3)[nH]c12)[S+]([O-])c1cccs1. The molecule has 0 saturated carbocycles. The van der Waals surface area contributed by atoms with E-state index in [0.29, 0.717) is 6.54 Å². The van der Waals surface area contributed by atoms with Crippen LogP contribution in [-0.4, -0.2) is 57.5 Å². The number of para-hydroxylation sites is 1. The van der Waals surface area contributed by atoms with Crippen LogP contribution >= 0.6 is 23.1 Å². The minimum Gasteiger partial charge on any atom is -0.587 e. The number of anilines is 1. The van der Waals surface area contributed by atoms with Gasteiger partial charge in [0.25, 0.3) is 0 Å². The number of nitrogens with one attached hydrogen (secondary N) is 1. The Balaban J connectivity index is 1.37. The van der Waals surface area contributed by atoms with Crippen LogP contribution in [0.2, 0.25) is 0 Å². The normalized spacial score (nSPS) is 19.5. The fourth-order valence-corrected chi connectivity index (χ4v) is 7.56. The number of nitriles is 1. The number of thiophene rings is 1. The number of H-pyrrole nitrogens is 1. The van der Waals surface area contributed by atoms with Crippen molar-refractivity contribution in [3.63, 3.8) is 0 Å². The van der Waals surface area contributed by atoms with Gasteiger partial charge in [0.05, 0.1) is 37.4 Å². The zero-order valence-electron chi connectivity index (χ0n) is 17.2. The van der Waals surface area contributed by atoms with Gasteiger partial charge in [-0.1, -0.05) is 35.2 Å². The first kappa shape index (κ1) is 20.9. The standard InChI is InChI=1S/C22H23N5OS3/c1-26(31(28)19-6-3-13-29-19)18-5-2-4-16-14-17(25-20(16)18)21-24-15-22(30-21)7-10-27(11-8-22)12-9-23/h2-6,13-14,25H,7-8,10-12,15H2,1H3. The number of nitrogens with zero attached hydrogens (tertiary/aromatic N) is 4. The molecular weight excluding hydrogens is 446 g/mol. The number of aromatic nitrogens is 1. The van der Waals surface area contributed by atoms with Gasteiger partial charge in [0, 0.05) is 29.3 Å². The lowest BCUT2D eigenvalue weighted by Gasteiger charge is -2.36. The van der Waals surface area contributed by atoms with E-state index in [9.17, 15) is 4.55 Å². The summed E-state index contributed by atoms with van der Waals surface area (Å²) in [6, 6.07) is 14.3. The van der Waals surface area contributed by atoms with E-state index >= 15 is 0 Å². The third kappa shape index (κ3) is 3.99. The maximum absolute atomic E-state index is 13.0.